The Kier molecular flexibility index (Phi) is 3.07. The first-order chi connectivity index (χ1) is 7.27. The zero-order valence-electron chi connectivity index (χ0n) is 9.48. The summed E-state index contributed by atoms with van der Waals surface area (Å²) in [4.78, 5) is 0. The van der Waals surface area contributed by atoms with Crippen molar-refractivity contribution in [3.8, 4) is 0 Å². The van der Waals surface area contributed by atoms with Crippen molar-refractivity contribution in [3.63, 3.8) is 0 Å². The van der Waals surface area contributed by atoms with Crippen LogP contribution in [0.15, 0.2) is 12.3 Å². The van der Waals surface area contributed by atoms with Crippen molar-refractivity contribution in [1.29, 1.82) is 0 Å². The van der Waals surface area contributed by atoms with E-state index in [2.05, 4.69) is 35.1 Å². The second kappa shape index (κ2) is 4.33. The van der Waals surface area contributed by atoms with Crippen LogP contribution in [0.3, 0.4) is 0 Å². The molecule has 1 heterocycles. The molecule has 3 N–H and O–H groups in total. The van der Waals surface area contributed by atoms with E-state index in [-0.39, 0.29) is 6.04 Å². The molecule has 1 aromatic rings. The van der Waals surface area contributed by atoms with E-state index in [0.29, 0.717) is 5.92 Å². The molecule has 1 aliphatic carbocycles. The molecule has 0 aliphatic heterocycles. The summed E-state index contributed by atoms with van der Waals surface area (Å²) in [7, 11) is 0. The van der Waals surface area contributed by atoms with E-state index in [1.165, 1.54) is 12.1 Å². The molecule has 0 amide bonds. The first kappa shape index (κ1) is 10.6. The third kappa shape index (κ3) is 2.06. The van der Waals surface area contributed by atoms with Gasteiger partial charge in [-0.1, -0.05) is 13.8 Å². The van der Waals surface area contributed by atoms with E-state index < -0.39 is 0 Å². The summed E-state index contributed by atoms with van der Waals surface area (Å²) in [5.41, 5.74) is 4.17. The number of nitrogens with zero attached hydrogens (tertiary/aromatic N) is 2. The minimum atomic E-state index is 0.272. The van der Waals surface area contributed by atoms with Crippen molar-refractivity contribution in [2.24, 2.45) is 17.7 Å². The summed E-state index contributed by atoms with van der Waals surface area (Å²) in [5, 5.41) is 4.33. The Balaban J connectivity index is 2.14. The molecule has 0 bridgehead atoms. The maximum Gasteiger partial charge on any atom is 0.0659 e. The number of rotatable bonds is 5. The summed E-state index contributed by atoms with van der Waals surface area (Å²) in [5.74, 6) is 7.11. The van der Waals surface area contributed by atoms with E-state index in [0.717, 1.165) is 18.9 Å². The molecule has 1 saturated carbocycles. The SMILES string of the molecule is CCCn1nccc1C(NN)C1CC1C. The maximum atomic E-state index is 5.64. The van der Waals surface area contributed by atoms with Crippen LogP contribution in [0.25, 0.3) is 0 Å². The molecule has 3 atom stereocenters. The van der Waals surface area contributed by atoms with E-state index in [4.69, 9.17) is 5.84 Å². The lowest BCUT2D eigenvalue weighted by Gasteiger charge is -2.17. The summed E-state index contributed by atoms with van der Waals surface area (Å²) in [6, 6.07) is 2.35. The third-order valence-electron chi connectivity index (χ3n) is 3.28. The van der Waals surface area contributed by atoms with Crippen molar-refractivity contribution >= 4 is 0 Å². The van der Waals surface area contributed by atoms with Crippen LogP contribution >= 0.6 is 0 Å². The largest absolute Gasteiger partial charge is 0.271 e. The molecule has 2 rings (SSSR count). The third-order valence-corrected chi connectivity index (χ3v) is 3.28. The predicted molar refractivity (Wildman–Crippen MR) is 59.9 cm³/mol. The van der Waals surface area contributed by atoms with Crippen LogP contribution in [0.5, 0.6) is 0 Å². The Morgan fingerprint density at radius 2 is 2.47 bits per heavy atom. The van der Waals surface area contributed by atoms with E-state index in [1.54, 1.807) is 0 Å². The highest BCUT2D eigenvalue weighted by Crippen LogP contribution is 2.46. The van der Waals surface area contributed by atoms with Gasteiger partial charge in [-0.25, -0.2) is 0 Å². The van der Waals surface area contributed by atoms with Gasteiger partial charge in [0, 0.05) is 12.7 Å². The second-order valence-electron chi connectivity index (χ2n) is 4.50. The van der Waals surface area contributed by atoms with Gasteiger partial charge in [-0.2, -0.15) is 5.10 Å². The van der Waals surface area contributed by atoms with Crippen LogP contribution in [-0.2, 0) is 6.54 Å². The fraction of sp³-hybridized carbons (Fsp3) is 0.727. The Labute approximate surface area is 90.8 Å². The van der Waals surface area contributed by atoms with Crippen LogP contribution in [0.1, 0.15) is 38.4 Å². The van der Waals surface area contributed by atoms with Crippen molar-refractivity contribution in [3.05, 3.63) is 18.0 Å². The average Bonchev–Trinajstić information content (AvgIpc) is 2.76. The maximum absolute atomic E-state index is 5.64. The zero-order valence-corrected chi connectivity index (χ0v) is 9.48. The molecule has 84 valence electrons. The summed E-state index contributed by atoms with van der Waals surface area (Å²) >= 11 is 0. The van der Waals surface area contributed by atoms with Gasteiger partial charge < -0.3 is 0 Å². The van der Waals surface area contributed by atoms with Crippen LogP contribution in [0, 0.1) is 11.8 Å². The fourth-order valence-corrected chi connectivity index (χ4v) is 2.25. The Morgan fingerprint density at radius 1 is 1.73 bits per heavy atom. The van der Waals surface area contributed by atoms with Gasteiger partial charge in [-0.15, -0.1) is 0 Å². The van der Waals surface area contributed by atoms with E-state index in [1.807, 2.05) is 6.20 Å². The molecule has 4 heteroatoms. The number of aromatic nitrogens is 2. The number of nitrogens with one attached hydrogen (secondary N) is 1. The average molecular weight is 208 g/mol. The number of hydrazine groups is 1. The smallest absolute Gasteiger partial charge is 0.0659 e. The van der Waals surface area contributed by atoms with Crippen LogP contribution in [0.2, 0.25) is 0 Å². The van der Waals surface area contributed by atoms with Crippen LogP contribution in [0.4, 0.5) is 0 Å². The molecule has 0 spiro atoms. The minimum absolute atomic E-state index is 0.272. The van der Waals surface area contributed by atoms with Crippen LogP contribution < -0.4 is 11.3 Å². The van der Waals surface area contributed by atoms with Gasteiger partial charge in [0.1, 0.15) is 0 Å². The summed E-state index contributed by atoms with van der Waals surface area (Å²) < 4.78 is 2.07. The van der Waals surface area contributed by atoms with Crippen molar-refractivity contribution in [1.82, 2.24) is 15.2 Å². The topological polar surface area (TPSA) is 55.9 Å². The molecular weight excluding hydrogens is 188 g/mol. The minimum Gasteiger partial charge on any atom is -0.271 e. The molecule has 0 aromatic carbocycles. The van der Waals surface area contributed by atoms with Gasteiger partial charge in [-0.3, -0.25) is 16.0 Å². The van der Waals surface area contributed by atoms with Crippen molar-refractivity contribution in [2.45, 2.75) is 39.3 Å². The first-order valence-electron chi connectivity index (χ1n) is 5.75. The fourth-order valence-electron chi connectivity index (χ4n) is 2.25. The highest BCUT2D eigenvalue weighted by Gasteiger charge is 2.40. The lowest BCUT2D eigenvalue weighted by atomic mass is 10.1. The lowest BCUT2D eigenvalue weighted by molar-refractivity contribution is 0.429. The molecule has 1 aromatic heterocycles. The molecular formula is C11H20N4. The lowest BCUT2D eigenvalue weighted by Crippen LogP contribution is -2.31. The monoisotopic (exact) mass is 208 g/mol. The number of hydrogen-bond donors (Lipinski definition) is 2. The number of nitrogens with two attached hydrogens (primary N) is 1. The molecule has 0 saturated heterocycles. The summed E-state index contributed by atoms with van der Waals surface area (Å²) in [6.45, 7) is 5.41. The van der Waals surface area contributed by atoms with Gasteiger partial charge in [0.25, 0.3) is 0 Å². The molecule has 0 radical (unpaired) electrons. The molecule has 1 aliphatic rings. The molecule has 15 heavy (non-hydrogen) atoms. The molecule has 1 fully saturated rings. The number of hydrogen-bond acceptors (Lipinski definition) is 3. The highest BCUT2D eigenvalue weighted by molar-refractivity contribution is 5.12. The van der Waals surface area contributed by atoms with Gasteiger partial charge in [-0.05, 0) is 30.7 Å². The van der Waals surface area contributed by atoms with Gasteiger partial charge in [0.2, 0.25) is 0 Å². The second-order valence-corrected chi connectivity index (χ2v) is 4.50. The highest BCUT2D eigenvalue weighted by atomic mass is 15.3. The van der Waals surface area contributed by atoms with Crippen molar-refractivity contribution in [2.75, 3.05) is 0 Å². The van der Waals surface area contributed by atoms with Gasteiger partial charge in [0.05, 0.1) is 11.7 Å². The Morgan fingerprint density at radius 3 is 3.00 bits per heavy atom. The quantitative estimate of drug-likeness (QED) is 0.569. The van der Waals surface area contributed by atoms with Gasteiger partial charge >= 0.3 is 0 Å². The van der Waals surface area contributed by atoms with Crippen LogP contribution in [-0.4, -0.2) is 9.78 Å². The van der Waals surface area contributed by atoms with E-state index in [9.17, 15) is 0 Å². The predicted octanol–water partition coefficient (Wildman–Crippen LogP) is 1.45. The molecule has 4 nitrogen and oxygen atoms in total. The molecule has 3 unspecified atom stereocenters. The van der Waals surface area contributed by atoms with Gasteiger partial charge in [0.15, 0.2) is 0 Å². The first-order valence-corrected chi connectivity index (χ1v) is 5.75. The van der Waals surface area contributed by atoms with E-state index >= 15 is 0 Å². The Hall–Kier alpha value is -0.870. The Bertz CT molecular complexity index is 320. The standard InChI is InChI=1S/C11H20N4/c1-3-6-15-10(4-5-13-15)11(14-12)9-7-8(9)2/h4-5,8-9,11,14H,3,6-7,12H2,1-2H3. The summed E-state index contributed by atoms with van der Waals surface area (Å²) in [6.07, 6.45) is 4.24. The zero-order chi connectivity index (χ0) is 10.8. The van der Waals surface area contributed by atoms with Crippen molar-refractivity contribution < 1.29 is 0 Å². The normalized spacial score (nSPS) is 26.6. The number of aryl methyl sites for hydroxylation is 1.